The van der Waals surface area contributed by atoms with Crippen LogP contribution in [0.3, 0.4) is 0 Å². The Morgan fingerprint density at radius 3 is 2.45 bits per heavy atom. The van der Waals surface area contributed by atoms with Crippen molar-refractivity contribution in [3.05, 3.63) is 141 Å². The molecule has 0 saturated carbocycles. The molecule has 42 heavy (non-hydrogen) atoms. The van der Waals surface area contributed by atoms with E-state index in [0.717, 1.165) is 11.6 Å². The van der Waals surface area contributed by atoms with Crippen molar-refractivity contribution in [1.82, 2.24) is 0 Å². The lowest BCUT2D eigenvalue weighted by Gasteiger charge is -2.37. The number of non-ortho nitro benzene ring substituents is 1. The van der Waals surface area contributed by atoms with Crippen LogP contribution in [0.5, 0.6) is 0 Å². The van der Waals surface area contributed by atoms with Crippen molar-refractivity contribution >= 4 is 40.6 Å². The van der Waals surface area contributed by atoms with Crippen LogP contribution < -0.4 is 10.2 Å². The van der Waals surface area contributed by atoms with Gasteiger partial charge in [0.15, 0.2) is 11.6 Å². The molecule has 0 radical (unpaired) electrons. The highest BCUT2D eigenvalue weighted by atomic mass is 19.1. The van der Waals surface area contributed by atoms with Crippen LogP contribution in [0.25, 0.3) is 6.08 Å². The van der Waals surface area contributed by atoms with Gasteiger partial charge in [0.05, 0.1) is 22.4 Å². The van der Waals surface area contributed by atoms with E-state index in [4.69, 9.17) is 0 Å². The molecule has 0 aliphatic carbocycles. The van der Waals surface area contributed by atoms with Crippen LogP contribution in [-0.4, -0.2) is 34.5 Å². The normalized spacial score (nSPS) is 23.2. The topological polar surface area (TPSA) is 110 Å². The first kappa shape index (κ1) is 25.5. The molecule has 3 aliphatic heterocycles. The van der Waals surface area contributed by atoms with Crippen molar-refractivity contribution in [2.75, 3.05) is 10.2 Å². The zero-order chi connectivity index (χ0) is 29.2. The second-order valence-corrected chi connectivity index (χ2v) is 10.6. The molecule has 3 heterocycles. The maximum atomic E-state index is 15.3. The summed E-state index contributed by atoms with van der Waals surface area (Å²) in [6.45, 7) is 0. The number of nitro benzene ring substituents is 1. The van der Waals surface area contributed by atoms with Crippen molar-refractivity contribution in [2.45, 2.75) is 17.5 Å². The average molecular weight is 560 g/mol. The molecular weight excluding hydrogens is 537 g/mol. The standard InChI is InChI=1S/C33H22FN3O5/c34-24-13-4-2-11-22(24)31(39)28-29(30(38)20-9-7-10-21(18-20)37(41)42)36-26-15-6-1-8-19(26)16-17-27(36)33(28)23-12-3-5-14-25(23)35-32(33)40/h1-18,27-29H,(H,35,40)/t27-,28+,29-,33-/m0/s1. The SMILES string of the molecule is O=C(c1cccc([N+](=O)[O-])c1)[C@@H]1[C@H](C(=O)c2ccccc2F)[C@@]2(C(=O)Nc3ccccc32)[C@@H]2C=Cc3ccccc3N12. The van der Waals surface area contributed by atoms with Gasteiger partial charge in [-0.05, 0) is 35.4 Å². The lowest BCUT2D eigenvalue weighted by Crippen LogP contribution is -2.51. The van der Waals surface area contributed by atoms with Gasteiger partial charge < -0.3 is 10.2 Å². The maximum absolute atomic E-state index is 15.3. The number of anilines is 2. The Bertz CT molecular complexity index is 1870. The molecular formula is C33H22FN3O5. The van der Waals surface area contributed by atoms with Crippen molar-refractivity contribution in [1.29, 1.82) is 0 Å². The lowest BCUT2D eigenvalue weighted by molar-refractivity contribution is -0.384. The first-order valence-electron chi connectivity index (χ1n) is 13.4. The molecule has 1 amide bonds. The van der Waals surface area contributed by atoms with Gasteiger partial charge in [-0.25, -0.2) is 4.39 Å². The van der Waals surface area contributed by atoms with Crippen LogP contribution in [-0.2, 0) is 10.2 Å². The van der Waals surface area contributed by atoms with E-state index < -0.39 is 51.6 Å². The van der Waals surface area contributed by atoms with Gasteiger partial charge in [-0.3, -0.25) is 24.5 Å². The van der Waals surface area contributed by atoms with Crippen LogP contribution in [0.4, 0.5) is 21.5 Å². The minimum Gasteiger partial charge on any atom is -0.352 e. The van der Waals surface area contributed by atoms with E-state index in [1.165, 1.54) is 42.5 Å². The van der Waals surface area contributed by atoms with E-state index in [-0.39, 0.29) is 16.8 Å². The average Bonchev–Trinajstić information content (AvgIpc) is 3.49. The predicted molar refractivity (Wildman–Crippen MR) is 154 cm³/mol. The van der Waals surface area contributed by atoms with Gasteiger partial charge in [0, 0.05) is 29.1 Å². The van der Waals surface area contributed by atoms with E-state index in [9.17, 15) is 24.5 Å². The molecule has 7 rings (SSSR count). The van der Waals surface area contributed by atoms with Crippen molar-refractivity contribution < 1.29 is 23.7 Å². The third kappa shape index (κ3) is 3.43. The fourth-order valence-electron chi connectivity index (χ4n) is 6.89. The molecule has 1 spiro atoms. The maximum Gasteiger partial charge on any atom is 0.270 e. The molecule has 206 valence electrons. The Labute approximate surface area is 239 Å². The Balaban J connectivity index is 1.54. The third-order valence-corrected chi connectivity index (χ3v) is 8.57. The summed E-state index contributed by atoms with van der Waals surface area (Å²) in [6, 6.07) is 23.0. The Morgan fingerprint density at radius 1 is 0.905 bits per heavy atom. The molecule has 9 heteroatoms. The van der Waals surface area contributed by atoms with Crippen LogP contribution in [0.2, 0.25) is 0 Å². The van der Waals surface area contributed by atoms with Gasteiger partial charge in [0.2, 0.25) is 5.91 Å². The van der Waals surface area contributed by atoms with Crippen LogP contribution >= 0.6 is 0 Å². The Hall–Kier alpha value is -5.44. The summed E-state index contributed by atoms with van der Waals surface area (Å²) in [5.41, 5.74) is 0.289. The van der Waals surface area contributed by atoms with Gasteiger partial charge in [-0.1, -0.05) is 72.8 Å². The van der Waals surface area contributed by atoms with Gasteiger partial charge in [0.1, 0.15) is 17.3 Å². The minimum atomic E-state index is -1.61. The highest BCUT2D eigenvalue weighted by Crippen LogP contribution is 2.58. The quantitative estimate of drug-likeness (QED) is 0.194. The van der Waals surface area contributed by atoms with Crippen LogP contribution in [0.1, 0.15) is 31.8 Å². The van der Waals surface area contributed by atoms with E-state index in [2.05, 4.69) is 5.32 Å². The predicted octanol–water partition coefficient (Wildman–Crippen LogP) is 5.59. The molecule has 0 bridgehead atoms. The summed E-state index contributed by atoms with van der Waals surface area (Å²) in [5.74, 6) is -3.93. The van der Waals surface area contributed by atoms with Gasteiger partial charge in [-0.2, -0.15) is 0 Å². The summed E-state index contributed by atoms with van der Waals surface area (Å²) in [5, 5.41) is 14.5. The highest BCUT2D eigenvalue weighted by molar-refractivity contribution is 6.18. The fraction of sp³-hybridized carbons (Fsp3) is 0.121. The van der Waals surface area contributed by atoms with E-state index in [1.807, 2.05) is 30.4 Å². The first-order valence-corrected chi connectivity index (χ1v) is 13.4. The molecule has 3 aliphatic rings. The second-order valence-electron chi connectivity index (χ2n) is 10.6. The summed E-state index contributed by atoms with van der Waals surface area (Å²) in [6.07, 6.45) is 3.67. The molecule has 4 atom stereocenters. The van der Waals surface area contributed by atoms with Crippen molar-refractivity contribution in [3.8, 4) is 0 Å². The fourth-order valence-corrected chi connectivity index (χ4v) is 6.89. The number of fused-ring (bicyclic) bond motifs is 6. The Kier molecular flexibility index (Phi) is 5.65. The molecule has 0 unspecified atom stereocenters. The molecule has 1 fully saturated rings. The molecule has 1 saturated heterocycles. The third-order valence-electron chi connectivity index (χ3n) is 8.57. The van der Waals surface area contributed by atoms with Crippen LogP contribution in [0, 0.1) is 21.8 Å². The van der Waals surface area contributed by atoms with E-state index >= 15 is 4.39 Å². The minimum absolute atomic E-state index is 0.00931. The number of Topliss-reactive ketones (excluding diaryl/α,β-unsaturated/α-hetero) is 2. The van der Waals surface area contributed by atoms with Crippen LogP contribution in [0.15, 0.2) is 103 Å². The number of amides is 1. The number of hydrogen-bond acceptors (Lipinski definition) is 6. The molecule has 4 aromatic rings. The summed E-state index contributed by atoms with van der Waals surface area (Å²) >= 11 is 0. The van der Waals surface area contributed by atoms with Gasteiger partial charge in [-0.15, -0.1) is 0 Å². The Morgan fingerprint density at radius 2 is 1.64 bits per heavy atom. The van der Waals surface area contributed by atoms with E-state index in [1.54, 1.807) is 35.2 Å². The number of hydrogen-bond donors (Lipinski definition) is 1. The summed E-state index contributed by atoms with van der Waals surface area (Å²) < 4.78 is 15.3. The second kappa shape index (κ2) is 9.31. The summed E-state index contributed by atoms with van der Waals surface area (Å²) in [7, 11) is 0. The number of carbonyl (C=O) groups is 3. The zero-order valence-electron chi connectivity index (χ0n) is 21.9. The number of para-hydroxylation sites is 2. The molecule has 4 aromatic carbocycles. The van der Waals surface area contributed by atoms with Gasteiger partial charge >= 0.3 is 0 Å². The molecule has 1 N–H and O–H groups in total. The number of benzene rings is 4. The number of nitrogens with zero attached hydrogens (tertiary/aromatic N) is 2. The van der Waals surface area contributed by atoms with Crippen molar-refractivity contribution in [2.24, 2.45) is 5.92 Å². The molecule has 0 aromatic heterocycles. The summed E-state index contributed by atoms with van der Waals surface area (Å²) in [4.78, 5) is 56.3. The zero-order valence-corrected chi connectivity index (χ0v) is 21.9. The monoisotopic (exact) mass is 559 g/mol. The number of rotatable bonds is 5. The largest absolute Gasteiger partial charge is 0.352 e. The lowest BCUT2D eigenvalue weighted by atomic mass is 9.64. The smallest absolute Gasteiger partial charge is 0.270 e. The number of halogens is 1. The number of ketones is 2. The number of nitrogens with one attached hydrogen (secondary N) is 1. The first-order chi connectivity index (χ1) is 20.3. The number of carbonyl (C=O) groups excluding carboxylic acids is 3. The van der Waals surface area contributed by atoms with Gasteiger partial charge in [0.25, 0.3) is 5.69 Å². The number of nitro groups is 1. The highest BCUT2D eigenvalue weighted by Gasteiger charge is 2.70. The molecule has 8 nitrogen and oxygen atoms in total. The van der Waals surface area contributed by atoms with E-state index in [0.29, 0.717) is 16.9 Å². The van der Waals surface area contributed by atoms with Crippen molar-refractivity contribution in [3.63, 3.8) is 0 Å².